The number of hydrogen-bond donors (Lipinski definition) is 2. The van der Waals surface area contributed by atoms with E-state index in [9.17, 15) is 10.2 Å². The number of aliphatic imine (C=N–C) groups is 2. The van der Waals surface area contributed by atoms with Gasteiger partial charge in [0.05, 0.1) is 44.4 Å². The third-order valence-corrected chi connectivity index (χ3v) is 16.2. The summed E-state index contributed by atoms with van der Waals surface area (Å²) in [6.07, 6.45) is 8.13. The van der Waals surface area contributed by atoms with Crippen molar-refractivity contribution in [1.29, 1.82) is 0 Å². The van der Waals surface area contributed by atoms with Crippen LogP contribution < -0.4 is 31.0 Å². The topological polar surface area (TPSA) is 145 Å². The number of rotatable bonds is 8. The van der Waals surface area contributed by atoms with E-state index >= 15 is 0 Å². The maximum Gasteiger partial charge on any atom is 2.00 e. The summed E-state index contributed by atoms with van der Waals surface area (Å²) in [5, 5.41) is 45.3. The maximum absolute atomic E-state index is 11.3. The Morgan fingerprint density at radius 2 is 0.878 bits per heavy atom. The summed E-state index contributed by atoms with van der Waals surface area (Å²) in [7, 11) is -6.58. The van der Waals surface area contributed by atoms with Crippen molar-refractivity contribution in [3.8, 4) is 11.5 Å². The molecule has 13 heteroatoms. The molecule has 2 atom stereocenters. The van der Waals surface area contributed by atoms with Gasteiger partial charge in [-0.25, -0.2) is 0 Å². The first-order chi connectivity index (χ1) is 21.7. The summed E-state index contributed by atoms with van der Waals surface area (Å²) < 4.78 is 0. The minimum Gasteiger partial charge on any atom is -0.550 e. The summed E-state index contributed by atoms with van der Waals surface area (Å²) in [4.78, 5) is 27.9. The van der Waals surface area contributed by atoms with Crippen LogP contribution >= 0.6 is 0 Å². The molecule has 1 fully saturated rings. The quantitative estimate of drug-likeness (QED) is 0.309. The maximum atomic E-state index is 11.3. The zero-order valence-electron chi connectivity index (χ0n) is 32.2. The van der Waals surface area contributed by atoms with Crippen LogP contribution in [0.4, 0.5) is 0 Å². The molecule has 0 heterocycles. The number of phenols is 2. The summed E-state index contributed by atoms with van der Waals surface area (Å²) in [6.45, 7) is 29.9. The van der Waals surface area contributed by atoms with E-state index in [1.165, 1.54) is 10.4 Å². The molecule has 2 unspecified atom stereocenters. The normalized spacial score (nSPS) is 17.0. The van der Waals surface area contributed by atoms with Crippen molar-refractivity contribution in [2.45, 2.75) is 130 Å². The minimum atomic E-state index is -1.72. The van der Waals surface area contributed by atoms with Gasteiger partial charge in [0.15, 0.2) is 0 Å². The van der Waals surface area contributed by atoms with Gasteiger partial charge in [0.1, 0.15) is 11.5 Å². The molecule has 1 aliphatic rings. The van der Waals surface area contributed by atoms with Gasteiger partial charge in [-0.15, -0.1) is 0 Å². The van der Waals surface area contributed by atoms with Crippen molar-refractivity contribution < 1.29 is 46.8 Å². The number of carbonyl (C=O) groups is 2. The third-order valence-electron chi connectivity index (χ3n) is 8.13. The number of aliphatic carboxylic acids is 2. The molecule has 3 rings (SSSR count). The van der Waals surface area contributed by atoms with E-state index in [-0.39, 0.29) is 28.9 Å². The van der Waals surface area contributed by atoms with Gasteiger partial charge >= 0.3 is 16.8 Å². The molecule has 1 radical (unpaired) electrons. The molecular weight excluding hydrogens is 728 g/mol. The van der Waals surface area contributed by atoms with Gasteiger partial charge in [0, 0.05) is 35.5 Å². The van der Waals surface area contributed by atoms with Crippen molar-refractivity contribution in [2.24, 2.45) is 9.98 Å². The van der Waals surface area contributed by atoms with Gasteiger partial charge in [-0.2, -0.15) is 0 Å². The van der Waals surface area contributed by atoms with Crippen LogP contribution in [0.25, 0.3) is 0 Å². The van der Waals surface area contributed by atoms with Crippen LogP contribution in [0.1, 0.15) is 50.7 Å². The third kappa shape index (κ3) is 15.6. The van der Waals surface area contributed by atoms with Crippen LogP contribution in [0.5, 0.6) is 11.5 Å². The van der Waals surface area contributed by atoms with Gasteiger partial charge < -0.3 is 30.0 Å². The second kappa shape index (κ2) is 18.8. The Hall–Kier alpha value is -2.31. The Morgan fingerprint density at radius 3 is 1.10 bits per heavy atom. The number of carbonyl (C=O) groups excluding carboxylic acids is 2. The second-order valence-corrected chi connectivity index (χ2v) is 37.1. The largest absolute Gasteiger partial charge is 2.00 e. The van der Waals surface area contributed by atoms with Gasteiger partial charge in [0.25, 0.3) is 0 Å². The van der Waals surface area contributed by atoms with Gasteiger partial charge in [-0.1, -0.05) is 126 Å². The van der Waals surface area contributed by atoms with Crippen LogP contribution in [0.15, 0.2) is 34.3 Å². The van der Waals surface area contributed by atoms with Crippen molar-refractivity contribution in [1.82, 2.24) is 0 Å². The predicted octanol–water partition coefficient (Wildman–Crippen LogP) is 3.64. The number of hydrogen-bond acceptors (Lipinski definition) is 8. The molecule has 0 aromatic heterocycles. The zero-order chi connectivity index (χ0) is 37.4. The molecule has 49 heavy (non-hydrogen) atoms. The fourth-order valence-electron chi connectivity index (χ4n) is 5.31. The van der Waals surface area contributed by atoms with Gasteiger partial charge in [-0.3, -0.25) is 9.98 Å². The van der Waals surface area contributed by atoms with Crippen LogP contribution in [0.2, 0.25) is 78.6 Å². The van der Waals surface area contributed by atoms with E-state index < -0.39 is 44.2 Å². The van der Waals surface area contributed by atoms with E-state index in [2.05, 4.69) is 103 Å². The molecule has 1 saturated carbocycles. The first-order valence-corrected chi connectivity index (χ1v) is 30.8. The monoisotopic (exact) mass is 787 g/mol. The Bertz CT molecular complexity index is 1370. The molecule has 0 spiro atoms. The predicted molar refractivity (Wildman–Crippen MR) is 211 cm³/mol. The zero-order valence-corrected chi connectivity index (χ0v) is 37.2. The molecule has 0 aliphatic heterocycles. The first-order valence-electron chi connectivity index (χ1n) is 16.8. The molecule has 0 bridgehead atoms. The number of benzene rings is 2. The summed E-state index contributed by atoms with van der Waals surface area (Å²) in [5.74, 6) is -1.35. The van der Waals surface area contributed by atoms with Crippen molar-refractivity contribution in [3.63, 3.8) is 0 Å². The number of carboxylic acid groups (broad SMARTS) is 2. The molecule has 0 saturated heterocycles. The SMILES string of the molecule is CC(=O)[O-].CC(=O)[O-].C[Si](C)(C)c1cc(C=NC2CCCCC2N=Cc2cc([Si](C)(C)C)cc([Si](C)(C)C)c2O)c(O)c([Si](C)(C)C)c1.[Co+2]. The summed E-state index contributed by atoms with van der Waals surface area (Å²) in [5.41, 5.74) is 1.71. The van der Waals surface area contributed by atoms with E-state index in [4.69, 9.17) is 29.8 Å². The Labute approximate surface area is 309 Å². The van der Waals surface area contributed by atoms with Crippen LogP contribution in [0.3, 0.4) is 0 Å². The standard InChI is InChI=1S/C32H54N2O2Si4.2C2H4O2.Co/c1-37(2,3)25-17-23(31(35)29(19-25)39(7,8)9)21-33-27-15-13-14-16-28(27)34-22-24-18-26(38(4,5)6)20-30(32(24)36)40(10,11)12;2*1-2(3)4;/h17-22,27-28,35-36H,13-16H2,1-12H3;2*1H3,(H,3,4);/q;;;+2/p-2. The van der Waals surface area contributed by atoms with E-state index in [1.54, 1.807) is 0 Å². The molecular formula is C36H60CoN2O6Si4. The second-order valence-electron chi connectivity index (χ2n) is 16.9. The molecule has 275 valence electrons. The minimum absolute atomic E-state index is 0. The van der Waals surface area contributed by atoms with E-state index in [1.807, 2.05) is 12.4 Å². The Morgan fingerprint density at radius 1 is 0.612 bits per heavy atom. The van der Waals surface area contributed by atoms with E-state index in [0.29, 0.717) is 11.5 Å². The van der Waals surface area contributed by atoms with Crippen molar-refractivity contribution >= 4 is 77.4 Å². The summed E-state index contributed by atoms with van der Waals surface area (Å²) >= 11 is 0. The van der Waals surface area contributed by atoms with Crippen molar-refractivity contribution in [2.75, 3.05) is 0 Å². The fraction of sp³-hybridized carbons (Fsp3) is 0.556. The van der Waals surface area contributed by atoms with Crippen LogP contribution in [-0.2, 0) is 26.4 Å². The van der Waals surface area contributed by atoms with Crippen molar-refractivity contribution in [3.05, 3.63) is 35.4 Å². The number of carboxylic acids is 2. The fourth-order valence-corrected chi connectivity index (χ4v) is 10.8. The molecule has 2 N–H and O–H groups in total. The Balaban J connectivity index is 0.00000230. The number of phenolic OH excluding ortho intramolecular Hbond substituents is 2. The van der Waals surface area contributed by atoms with Gasteiger partial charge in [0.2, 0.25) is 0 Å². The first kappa shape index (κ1) is 46.7. The Kier molecular flexibility index (Phi) is 17.9. The number of aromatic hydroxyl groups is 2. The molecule has 1 aliphatic carbocycles. The van der Waals surface area contributed by atoms with Gasteiger partial charge in [-0.05, 0) is 37.1 Å². The van der Waals surface area contributed by atoms with Crippen LogP contribution in [-0.4, -0.2) is 79.0 Å². The van der Waals surface area contributed by atoms with E-state index in [0.717, 1.165) is 61.0 Å². The summed E-state index contributed by atoms with van der Waals surface area (Å²) in [6, 6.07) is 9.05. The average molecular weight is 788 g/mol. The number of nitrogens with zero attached hydrogens (tertiary/aromatic N) is 2. The molecule has 2 aromatic carbocycles. The molecule has 2 aromatic rings. The molecule has 8 nitrogen and oxygen atoms in total. The molecule has 0 amide bonds. The smallest absolute Gasteiger partial charge is 0.550 e. The van der Waals surface area contributed by atoms with Crippen LogP contribution in [0, 0.1) is 0 Å². The average Bonchev–Trinajstić information content (AvgIpc) is 2.89.